The highest BCUT2D eigenvalue weighted by atomic mass is 31.2. The van der Waals surface area contributed by atoms with Gasteiger partial charge in [-0.3, -0.25) is 37.3 Å². The number of rotatable bonds is 94. The fraction of sp³-hybridized carbons (Fsp3) is 0.958. The first-order chi connectivity index (χ1) is 55.4. The van der Waals surface area contributed by atoms with Crippen LogP contribution in [-0.4, -0.2) is 96.7 Å². The fourth-order valence-electron chi connectivity index (χ4n) is 15.0. The molecule has 0 aliphatic carbocycles. The SMILES string of the molecule is CCCCCCCCCCCCCCCCCCCCCCCC(=O)O[C@H](COC(=O)CCCCCCCCCCCC)COP(=O)(O)OC[C@H](O)COP(=O)(O)OC[C@@H](COC(=O)CCCCCCCCCCCCCCCCCCCCC(C)C)OC(=O)CCCCCCCCCCCCCCCCCCCCC(C)CC. The molecule has 0 spiro atoms. The third-order valence-electron chi connectivity index (χ3n) is 22.8. The quantitative estimate of drug-likeness (QED) is 0.0222. The van der Waals surface area contributed by atoms with Crippen molar-refractivity contribution in [2.75, 3.05) is 39.6 Å². The molecule has 17 nitrogen and oxygen atoms in total. The summed E-state index contributed by atoms with van der Waals surface area (Å²) in [5.41, 5.74) is 0. The average molecular weight is 1660 g/mol. The third kappa shape index (κ3) is 86.4. The van der Waals surface area contributed by atoms with Gasteiger partial charge in [0, 0.05) is 25.7 Å². The minimum absolute atomic E-state index is 0.109. The van der Waals surface area contributed by atoms with Gasteiger partial charge in [-0.25, -0.2) is 9.13 Å². The molecule has 6 atom stereocenters. The highest BCUT2D eigenvalue weighted by molar-refractivity contribution is 7.47. The highest BCUT2D eigenvalue weighted by Gasteiger charge is 2.31. The molecule has 19 heteroatoms. The molecule has 3 unspecified atom stereocenters. The largest absolute Gasteiger partial charge is 0.472 e. The zero-order valence-corrected chi connectivity index (χ0v) is 77.2. The lowest BCUT2D eigenvalue weighted by Crippen LogP contribution is -2.30. The molecule has 0 amide bonds. The number of aliphatic hydroxyl groups excluding tert-OH is 1. The molecule has 0 aromatic carbocycles. The summed E-state index contributed by atoms with van der Waals surface area (Å²) in [7, 11) is -9.94. The number of phosphoric ester groups is 2. The van der Waals surface area contributed by atoms with Crippen molar-refractivity contribution in [3.8, 4) is 0 Å². The molecular formula is C95H186O17P2. The van der Waals surface area contributed by atoms with E-state index in [4.69, 9.17) is 37.0 Å². The Balaban J connectivity index is 5.20. The molecule has 0 bridgehead atoms. The molecule has 114 heavy (non-hydrogen) atoms. The van der Waals surface area contributed by atoms with E-state index in [9.17, 15) is 43.2 Å². The van der Waals surface area contributed by atoms with Crippen molar-refractivity contribution in [3.05, 3.63) is 0 Å². The highest BCUT2D eigenvalue weighted by Crippen LogP contribution is 2.45. The van der Waals surface area contributed by atoms with E-state index in [0.717, 1.165) is 102 Å². The maximum atomic E-state index is 13.2. The lowest BCUT2D eigenvalue weighted by molar-refractivity contribution is -0.161. The second-order valence-electron chi connectivity index (χ2n) is 34.8. The molecule has 0 fully saturated rings. The predicted octanol–water partition coefficient (Wildman–Crippen LogP) is 29.7. The summed E-state index contributed by atoms with van der Waals surface area (Å²) >= 11 is 0. The van der Waals surface area contributed by atoms with Crippen LogP contribution in [0, 0.1) is 11.8 Å². The van der Waals surface area contributed by atoms with Crippen LogP contribution >= 0.6 is 15.6 Å². The lowest BCUT2D eigenvalue weighted by Gasteiger charge is -2.21. The Kier molecular flexibility index (Phi) is 84.6. The summed E-state index contributed by atoms with van der Waals surface area (Å²) in [5, 5.41) is 10.7. The van der Waals surface area contributed by atoms with Gasteiger partial charge in [0.1, 0.15) is 19.3 Å². The smallest absolute Gasteiger partial charge is 0.462 e. The Morgan fingerprint density at radius 2 is 0.447 bits per heavy atom. The number of unbranched alkanes of at least 4 members (excludes halogenated alkanes) is 63. The zero-order valence-electron chi connectivity index (χ0n) is 75.4. The molecule has 0 aliphatic heterocycles. The molecule has 0 rings (SSSR count). The van der Waals surface area contributed by atoms with E-state index in [0.29, 0.717) is 25.7 Å². The van der Waals surface area contributed by atoms with E-state index in [-0.39, 0.29) is 25.7 Å². The van der Waals surface area contributed by atoms with E-state index < -0.39 is 97.5 Å². The van der Waals surface area contributed by atoms with Gasteiger partial charge in [-0.05, 0) is 37.5 Å². The van der Waals surface area contributed by atoms with Crippen molar-refractivity contribution < 1.29 is 80.2 Å². The van der Waals surface area contributed by atoms with Crippen LogP contribution in [-0.2, 0) is 65.4 Å². The summed E-state index contributed by atoms with van der Waals surface area (Å²) in [4.78, 5) is 73.5. The Morgan fingerprint density at radius 1 is 0.254 bits per heavy atom. The van der Waals surface area contributed by atoms with E-state index >= 15 is 0 Å². The van der Waals surface area contributed by atoms with Crippen LogP contribution in [0.25, 0.3) is 0 Å². The fourth-order valence-corrected chi connectivity index (χ4v) is 16.6. The molecule has 0 heterocycles. The molecule has 0 saturated heterocycles. The molecule has 0 aromatic heterocycles. The normalized spacial score (nSPS) is 13.9. The number of esters is 4. The van der Waals surface area contributed by atoms with Crippen molar-refractivity contribution in [2.24, 2.45) is 11.8 Å². The summed E-state index contributed by atoms with van der Waals surface area (Å²) in [6.07, 6.45) is 82.1. The first-order valence-electron chi connectivity index (χ1n) is 49.0. The van der Waals surface area contributed by atoms with Gasteiger partial charge < -0.3 is 33.8 Å². The number of hydrogen-bond acceptors (Lipinski definition) is 15. The van der Waals surface area contributed by atoms with Gasteiger partial charge in [-0.15, -0.1) is 0 Å². The Morgan fingerprint density at radius 3 is 0.667 bits per heavy atom. The van der Waals surface area contributed by atoms with Crippen LogP contribution in [0.1, 0.15) is 517 Å². The summed E-state index contributed by atoms with van der Waals surface area (Å²) in [6.45, 7) is 9.82. The van der Waals surface area contributed by atoms with Gasteiger partial charge in [0.2, 0.25) is 0 Å². The number of phosphoric acid groups is 2. The Labute approximate surface area is 702 Å². The van der Waals surface area contributed by atoms with Crippen LogP contribution in [0.2, 0.25) is 0 Å². The van der Waals surface area contributed by atoms with Crippen LogP contribution in [0.5, 0.6) is 0 Å². The van der Waals surface area contributed by atoms with Gasteiger partial charge in [0.25, 0.3) is 0 Å². The minimum Gasteiger partial charge on any atom is -0.462 e. The molecule has 0 aliphatic rings. The minimum atomic E-state index is -4.97. The third-order valence-corrected chi connectivity index (χ3v) is 24.7. The van der Waals surface area contributed by atoms with E-state index in [2.05, 4.69) is 41.5 Å². The average Bonchev–Trinajstić information content (AvgIpc) is 0.897. The van der Waals surface area contributed by atoms with Gasteiger partial charge in [-0.2, -0.15) is 0 Å². The zero-order chi connectivity index (χ0) is 83.4. The van der Waals surface area contributed by atoms with Gasteiger partial charge in [0.15, 0.2) is 12.2 Å². The predicted molar refractivity (Wildman–Crippen MR) is 474 cm³/mol. The number of ether oxygens (including phenoxy) is 4. The number of carbonyl (C=O) groups is 4. The van der Waals surface area contributed by atoms with E-state index in [1.165, 1.54) is 334 Å². The second kappa shape index (κ2) is 86.0. The molecule has 3 N–H and O–H groups in total. The van der Waals surface area contributed by atoms with Gasteiger partial charge in [-0.1, -0.05) is 465 Å². The first kappa shape index (κ1) is 112. The monoisotopic (exact) mass is 1660 g/mol. The molecule has 0 saturated carbocycles. The van der Waals surface area contributed by atoms with Crippen LogP contribution in [0.15, 0.2) is 0 Å². The molecule has 0 aromatic rings. The Hall–Kier alpha value is -1.94. The molecule has 678 valence electrons. The van der Waals surface area contributed by atoms with E-state index in [1.54, 1.807) is 0 Å². The van der Waals surface area contributed by atoms with Crippen molar-refractivity contribution in [1.82, 2.24) is 0 Å². The van der Waals surface area contributed by atoms with Crippen molar-refractivity contribution in [2.45, 2.75) is 535 Å². The van der Waals surface area contributed by atoms with Crippen molar-refractivity contribution in [3.63, 3.8) is 0 Å². The lowest BCUT2D eigenvalue weighted by atomic mass is 9.99. The van der Waals surface area contributed by atoms with Crippen molar-refractivity contribution >= 4 is 39.5 Å². The maximum Gasteiger partial charge on any atom is 0.472 e. The first-order valence-corrected chi connectivity index (χ1v) is 52.0. The molecule has 0 radical (unpaired) electrons. The summed E-state index contributed by atoms with van der Waals surface area (Å²) < 4.78 is 69.1. The standard InChI is InChI=1S/C95H186O17P2/c1-7-10-12-14-16-18-20-21-22-23-24-25-26-34-39-44-49-55-61-67-73-79-94(99)111-90(83-105-92(97)77-71-65-59-53-19-17-15-13-11-8-2)85-109-113(101,102)107-81-89(96)82-108-114(103,104)110-86-91(84-106-93(98)78-72-66-60-54-48-43-38-33-29-27-31-36-41-46-51-57-63-69-75-87(4)5)112-95(100)80-74-68-62-56-50-45-40-35-30-28-32-37-42-47-52-58-64-70-76-88(6)9-3/h87-91,96H,7-86H2,1-6H3,(H,101,102)(H,103,104)/t88?,89-,90+,91+/m0/s1. The summed E-state index contributed by atoms with van der Waals surface area (Å²) in [6, 6.07) is 0. The molecular weight excluding hydrogens is 1470 g/mol. The van der Waals surface area contributed by atoms with E-state index in [1.807, 2.05) is 0 Å². The second-order valence-corrected chi connectivity index (χ2v) is 37.7. The summed E-state index contributed by atoms with van der Waals surface area (Å²) in [5.74, 6) is -0.398. The maximum absolute atomic E-state index is 13.2. The van der Waals surface area contributed by atoms with Crippen LogP contribution in [0.3, 0.4) is 0 Å². The number of hydrogen-bond donors (Lipinski definition) is 3. The number of aliphatic hydroxyl groups is 1. The van der Waals surface area contributed by atoms with Crippen molar-refractivity contribution in [1.29, 1.82) is 0 Å². The topological polar surface area (TPSA) is 237 Å². The number of carbonyl (C=O) groups excluding carboxylic acids is 4. The van der Waals surface area contributed by atoms with Gasteiger partial charge in [0.05, 0.1) is 26.4 Å². The van der Waals surface area contributed by atoms with Crippen LogP contribution in [0.4, 0.5) is 0 Å². The Bertz CT molecular complexity index is 2170. The van der Waals surface area contributed by atoms with Gasteiger partial charge >= 0.3 is 39.5 Å². The van der Waals surface area contributed by atoms with Crippen LogP contribution < -0.4 is 0 Å².